The summed E-state index contributed by atoms with van der Waals surface area (Å²) in [5.74, 6) is 1.28. The van der Waals surface area contributed by atoms with Crippen LogP contribution in [0.5, 0.6) is 0 Å². The van der Waals surface area contributed by atoms with E-state index in [1.54, 1.807) is 17.4 Å². The molecule has 0 radical (unpaired) electrons. The molecule has 0 amide bonds. The lowest BCUT2D eigenvalue weighted by Gasteiger charge is -2.12. The molecule has 9 heteroatoms. The second kappa shape index (κ2) is 8.15. The highest BCUT2D eigenvalue weighted by Crippen LogP contribution is 2.37. The summed E-state index contributed by atoms with van der Waals surface area (Å²) < 4.78 is 42.4. The Kier molecular flexibility index (Phi) is 5.28. The lowest BCUT2D eigenvalue weighted by atomic mass is 10.1. The first-order valence-corrected chi connectivity index (χ1v) is 11.3. The molecule has 0 bridgehead atoms. The number of fused-ring (bicyclic) bond motifs is 2. The second-order valence-corrected chi connectivity index (χ2v) is 8.90. The number of imidazole rings is 1. The Balaban J connectivity index is 1.56. The van der Waals surface area contributed by atoms with E-state index in [9.17, 15) is 13.2 Å². The number of thiophene rings is 1. The molecule has 0 aliphatic rings. The van der Waals surface area contributed by atoms with Crippen LogP contribution in [0.2, 0.25) is 0 Å². The van der Waals surface area contributed by atoms with E-state index < -0.39 is 11.7 Å². The van der Waals surface area contributed by atoms with Crippen LogP contribution >= 0.6 is 11.3 Å². The average Bonchev–Trinajstić information content (AvgIpc) is 3.39. The summed E-state index contributed by atoms with van der Waals surface area (Å²) in [5, 5.41) is 6.36. The van der Waals surface area contributed by atoms with Gasteiger partial charge in [-0.2, -0.15) is 13.2 Å². The molecular formula is C24H20F3N5S. The highest BCUT2D eigenvalue weighted by Gasteiger charge is 2.30. The van der Waals surface area contributed by atoms with Crippen LogP contribution in [0, 0.1) is 0 Å². The van der Waals surface area contributed by atoms with Crippen molar-refractivity contribution in [2.45, 2.75) is 32.6 Å². The van der Waals surface area contributed by atoms with Crippen LogP contribution in [-0.4, -0.2) is 19.5 Å². The molecule has 5 aromatic rings. The molecule has 1 N–H and O–H groups in total. The molecule has 3 heterocycles. The van der Waals surface area contributed by atoms with E-state index in [0.717, 1.165) is 28.9 Å². The molecule has 168 valence electrons. The molecule has 0 saturated heterocycles. The lowest BCUT2D eigenvalue weighted by molar-refractivity contribution is -0.137. The van der Waals surface area contributed by atoms with Crippen molar-refractivity contribution < 1.29 is 13.2 Å². The maximum atomic E-state index is 13.1. The van der Waals surface area contributed by atoms with Crippen molar-refractivity contribution in [1.29, 1.82) is 0 Å². The van der Waals surface area contributed by atoms with Gasteiger partial charge in [0, 0.05) is 33.6 Å². The molecule has 0 spiro atoms. The topological polar surface area (TPSA) is 55.6 Å². The zero-order chi connectivity index (χ0) is 23.2. The Labute approximate surface area is 191 Å². The highest BCUT2D eigenvalue weighted by atomic mass is 32.1. The van der Waals surface area contributed by atoms with Gasteiger partial charge in [-0.25, -0.2) is 15.0 Å². The number of nitrogens with one attached hydrogen (secondary N) is 1. The summed E-state index contributed by atoms with van der Waals surface area (Å²) in [5.41, 5.74) is 2.11. The quantitative estimate of drug-likeness (QED) is 0.305. The fourth-order valence-electron chi connectivity index (χ4n) is 3.91. The van der Waals surface area contributed by atoms with Crippen molar-refractivity contribution in [3.05, 3.63) is 71.4 Å². The predicted octanol–water partition coefficient (Wildman–Crippen LogP) is 6.92. The van der Waals surface area contributed by atoms with Crippen LogP contribution in [0.25, 0.3) is 32.6 Å². The zero-order valence-corrected chi connectivity index (χ0v) is 18.7. The lowest BCUT2D eigenvalue weighted by Crippen LogP contribution is -2.08. The second-order valence-electron chi connectivity index (χ2n) is 7.99. The van der Waals surface area contributed by atoms with Crippen molar-refractivity contribution in [2.24, 2.45) is 0 Å². The molecule has 0 aliphatic heterocycles. The van der Waals surface area contributed by atoms with Gasteiger partial charge in [0.1, 0.15) is 12.2 Å². The first kappa shape index (κ1) is 21.4. The van der Waals surface area contributed by atoms with E-state index in [4.69, 9.17) is 4.98 Å². The van der Waals surface area contributed by atoms with Gasteiger partial charge >= 0.3 is 6.18 Å². The number of rotatable bonds is 5. The standard InChI is InChI=1S/C24H20F3N5S/c1-14(2)32-22(18-12-33-19-9-4-3-8-17(18)19)31-20-21(29-13-30-23(20)32)28-11-15-6-5-7-16(10-15)24(25,26)27/h3-10,12-14H,11H2,1-2H3,(H,28,29,30). The number of alkyl halides is 3. The van der Waals surface area contributed by atoms with E-state index in [1.165, 1.54) is 17.1 Å². The maximum absolute atomic E-state index is 13.1. The number of aromatic nitrogens is 4. The van der Waals surface area contributed by atoms with Gasteiger partial charge in [0.15, 0.2) is 17.0 Å². The molecule has 5 nitrogen and oxygen atoms in total. The molecule has 3 aromatic heterocycles. The number of benzene rings is 2. The monoisotopic (exact) mass is 467 g/mol. The van der Waals surface area contributed by atoms with E-state index in [2.05, 4.69) is 51.2 Å². The molecule has 0 atom stereocenters. The minimum atomic E-state index is -4.38. The molecule has 33 heavy (non-hydrogen) atoms. The Morgan fingerprint density at radius 1 is 1.06 bits per heavy atom. The normalized spacial score (nSPS) is 12.2. The van der Waals surface area contributed by atoms with Gasteiger partial charge in [-0.3, -0.25) is 0 Å². The van der Waals surface area contributed by atoms with Crippen molar-refractivity contribution in [1.82, 2.24) is 19.5 Å². The fraction of sp³-hybridized carbons (Fsp3) is 0.208. The van der Waals surface area contributed by atoms with Gasteiger partial charge in [-0.05, 0) is 37.6 Å². The number of hydrogen-bond acceptors (Lipinski definition) is 5. The van der Waals surface area contributed by atoms with E-state index in [-0.39, 0.29) is 12.6 Å². The first-order valence-electron chi connectivity index (χ1n) is 10.4. The highest BCUT2D eigenvalue weighted by molar-refractivity contribution is 7.17. The van der Waals surface area contributed by atoms with Crippen LogP contribution in [0.1, 0.15) is 31.0 Å². The third-order valence-corrected chi connectivity index (χ3v) is 6.39. The maximum Gasteiger partial charge on any atom is 0.416 e. The van der Waals surface area contributed by atoms with Crippen molar-refractivity contribution >= 4 is 38.4 Å². The Morgan fingerprint density at radius 3 is 2.67 bits per heavy atom. The molecule has 2 aromatic carbocycles. The van der Waals surface area contributed by atoms with Crippen LogP contribution in [0.15, 0.2) is 60.2 Å². The van der Waals surface area contributed by atoms with Gasteiger partial charge in [0.2, 0.25) is 0 Å². The van der Waals surface area contributed by atoms with Gasteiger partial charge in [-0.1, -0.05) is 30.3 Å². The Hall–Kier alpha value is -3.46. The van der Waals surface area contributed by atoms with Crippen molar-refractivity contribution in [3.63, 3.8) is 0 Å². The van der Waals surface area contributed by atoms with Crippen LogP contribution in [-0.2, 0) is 12.7 Å². The molecule has 0 saturated carbocycles. The minimum absolute atomic E-state index is 0.0925. The third kappa shape index (κ3) is 3.93. The fourth-order valence-corrected chi connectivity index (χ4v) is 4.85. The SMILES string of the molecule is CC(C)n1c(-c2csc3ccccc23)nc2c(NCc3cccc(C(F)(F)F)c3)ncnc21. The minimum Gasteiger partial charge on any atom is -0.364 e. The van der Waals surface area contributed by atoms with E-state index >= 15 is 0 Å². The molecule has 0 unspecified atom stereocenters. The molecular weight excluding hydrogens is 447 g/mol. The van der Waals surface area contributed by atoms with Crippen molar-refractivity contribution in [3.8, 4) is 11.4 Å². The van der Waals surface area contributed by atoms with Crippen LogP contribution in [0.4, 0.5) is 19.0 Å². The summed E-state index contributed by atoms with van der Waals surface area (Å²) in [4.78, 5) is 13.7. The summed E-state index contributed by atoms with van der Waals surface area (Å²) in [6.45, 7) is 4.31. The average molecular weight is 468 g/mol. The molecule has 0 fully saturated rings. The van der Waals surface area contributed by atoms with Gasteiger partial charge < -0.3 is 9.88 Å². The molecule has 5 rings (SSSR count). The van der Waals surface area contributed by atoms with Crippen LogP contribution in [0.3, 0.4) is 0 Å². The van der Waals surface area contributed by atoms with Crippen molar-refractivity contribution in [2.75, 3.05) is 5.32 Å². The Morgan fingerprint density at radius 2 is 1.88 bits per heavy atom. The summed E-state index contributed by atoms with van der Waals surface area (Å²) >= 11 is 1.66. The van der Waals surface area contributed by atoms with Gasteiger partial charge in [0.05, 0.1) is 5.56 Å². The summed E-state index contributed by atoms with van der Waals surface area (Å²) in [6, 6.07) is 13.5. The van der Waals surface area contributed by atoms with Gasteiger partial charge in [0.25, 0.3) is 0 Å². The summed E-state index contributed by atoms with van der Waals surface area (Å²) in [6.07, 6.45) is -2.93. The van der Waals surface area contributed by atoms with E-state index in [1.807, 2.05) is 12.1 Å². The molecule has 0 aliphatic carbocycles. The number of halogens is 3. The zero-order valence-electron chi connectivity index (χ0n) is 17.9. The number of anilines is 1. The largest absolute Gasteiger partial charge is 0.416 e. The first-order chi connectivity index (χ1) is 15.8. The van der Waals surface area contributed by atoms with Gasteiger partial charge in [-0.15, -0.1) is 11.3 Å². The Bertz CT molecular complexity index is 1450. The third-order valence-electron chi connectivity index (χ3n) is 5.43. The smallest absolute Gasteiger partial charge is 0.364 e. The van der Waals surface area contributed by atoms with E-state index in [0.29, 0.717) is 22.5 Å². The number of nitrogens with zero attached hydrogens (tertiary/aromatic N) is 4. The summed E-state index contributed by atoms with van der Waals surface area (Å²) in [7, 11) is 0. The van der Waals surface area contributed by atoms with Crippen LogP contribution < -0.4 is 5.32 Å². The predicted molar refractivity (Wildman–Crippen MR) is 125 cm³/mol. The number of hydrogen-bond donors (Lipinski definition) is 1.